The molecule has 2 aromatic carbocycles. The van der Waals surface area contributed by atoms with Crippen molar-refractivity contribution in [1.82, 2.24) is 4.31 Å². The quantitative estimate of drug-likeness (QED) is 0.751. The number of rotatable bonds is 6. The van der Waals surface area contributed by atoms with Crippen LogP contribution in [-0.2, 0) is 25.6 Å². The minimum Gasteiger partial charge on any atom is -0.224 e. The number of sulfonamides is 1. The Kier molecular flexibility index (Phi) is 5.45. The standard InChI is InChI=1S/C18H20FNO4S2/c19-16-7-4-6-15(12-16)13-26(23,24)20-11-5-8-17(20)14-25(21,22)18-9-2-1-3-10-18/h1-4,6-7,9-10,12,17H,5,8,11,13-14H2. The van der Waals surface area contributed by atoms with Crippen LogP contribution < -0.4 is 0 Å². The first kappa shape index (κ1) is 19.0. The molecule has 5 nitrogen and oxygen atoms in total. The normalized spacial score (nSPS) is 18.9. The molecule has 1 aliphatic rings. The zero-order valence-electron chi connectivity index (χ0n) is 14.1. The van der Waals surface area contributed by atoms with Gasteiger partial charge in [-0.3, -0.25) is 0 Å². The Balaban J connectivity index is 1.79. The molecule has 26 heavy (non-hydrogen) atoms. The summed E-state index contributed by atoms with van der Waals surface area (Å²) in [6.45, 7) is 0.284. The van der Waals surface area contributed by atoms with Crippen LogP contribution in [0.25, 0.3) is 0 Å². The van der Waals surface area contributed by atoms with Crippen molar-refractivity contribution in [3.05, 3.63) is 66.0 Å². The Hall–Kier alpha value is -1.77. The lowest BCUT2D eigenvalue weighted by Crippen LogP contribution is -2.40. The van der Waals surface area contributed by atoms with Gasteiger partial charge in [0.25, 0.3) is 0 Å². The van der Waals surface area contributed by atoms with Gasteiger partial charge in [-0.05, 0) is 42.7 Å². The van der Waals surface area contributed by atoms with Gasteiger partial charge in [-0.25, -0.2) is 21.2 Å². The van der Waals surface area contributed by atoms with E-state index in [-0.39, 0.29) is 22.9 Å². The molecular weight excluding hydrogens is 377 g/mol. The van der Waals surface area contributed by atoms with Crippen LogP contribution in [0.4, 0.5) is 4.39 Å². The van der Waals surface area contributed by atoms with E-state index in [1.54, 1.807) is 24.3 Å². The maximum atomic E-state index is 13.3. The molecule has 140 valence electrons. The third kappa shape index (κ3) is 4.31. The molecule has 0 amide bonds. The highest BCUT2D eigenvalue weighted by molar-refractivity contribution is 7.91. The fourth-order valence-corrected chi connectivity index (χ4v) is 6.76. The van der Waals surface area contributed by atoms with Crippen molar-refractivity contribution in [3.63, 3.8) is 0 Å². The maximum absolute atomic E-state index is 13.3. The molecule has 1 aliphatic heterocycles. The molecule has 2 aromatic rings. The molecule has 0 spiro atoms. The van der Waals surface area contributed by atoms with Gasteiger partial charge in [0, 0.05) is 12.6 Å². The topological polar surface area (TPSA) is 71.5 Å². The molecule has 0 aromatic heterocycles. The Bertz CT molecular complexity index is 975. The largest absolute Gasteiger partial charge is 0.224 e. The third-order valence-corrected chi connectivity index (χ3v) is 8.14. The molecule has 1 saturated heterocycles. The van der Waals surface area contributed by atoms with E-state index in [0.29, 0.717) is 18.4 Å². The lowest BCUT2D eigenvalue weighted by molar-refractivity contribution is 0.407. The number of benzene rings is 2. The number of halogens is 1. The van der Waals surface area contributed by atoms with Crippen molar-refractivity contribution in [3.8, 4) is 0 Å². The van der Waals surface area contributed by atoms with Crippen LogP contribution in [0.2, 0.25) is 0 Å². The fourth-order valence-electron chi connectivity index (χ4n) is 3.24. The summed E-state index contributed by atoms with van der Waals surface area (Å²) >= 11 is 0. The Morgan fingerprint density at radius 3 is 2.42 bits per heavy atom. The maximum Gasteiger partial charge on any atom is 0.218 e. The van der Waals surface area contributed by atoms with Crippen molar-refractivity contribution < 1.29 is 21.2 Å². The van der Waals surface area contributed by atoms with Crippen LogP contribution in [0, 0.1) is 5.82 Å². The van der Waals surface area contributed by atoms with Crippen molar-refractivity contribution in [2.45, 2.75) is 29.5 Å². The zero-order chi connectivity index (χ0) is 18.8. The average molecular weight is 397 g/mol. The Morgan fingerprint density at radius 1 is 1.00 bits per heavy atom. The van der Waals surface area contributed by atoms with Crippen LogP contribution in [0.5, 0.6) is 0 Å². The molecule has 0 aliphatic carbocycles. The summed E-state index contributed by atoms with van der Waals surface area (Å²) in [6, 6.07) is 12.9. The van der Waals surface area contributed by atoms with Gasteiger partial charge < -0.3 is 0 Å². The first-order valence-corrected chi connectivity index (χ1v) is 11.6. The van der Waals surface area contributed by atoms with Crippen LogP contribution in [0.3, 0.4) is 0 Å². The van der Waals surface area contributed by atoms with Gasteiger partial charge in [0.05, 0.1) is 16.4 Å². The molecule has 3 rings (SSSR count). The van der Waals surface area contributed by atoms with Crippen LogP contribution in [0.15, 0.2) is 59.5 Å². The fraction of sp³-hybridized carbons (Fsp3) is 0.333. The van der Waals surface area contributed by atoms with Gasteiger partial charge >= 0.3 is 0 Å². The van der Waals surface area contributed by atoms with Crippen LogP contribution in [0.1, 0.15) is 18.4 Å². The summed E-state index contributed by atoms with van der Waals surface area (Å²) in [5.74, 6) is -1.09. The van der Waals surface area contributed by atoms with Gasteiger partial charge in [0.15, 0.2) is 9.84 Å². The summed E-state index contributed by atoms with van der Waals surface area (Å²) in [6.07, 6.45) is 1.10. The van der Waals surface area contributed by atoms with E-state index >= 15 is 0 Å². The molecule has 1 atom stereocenters. The van der Waals surface area contributed by atoms with Crippen LogP contribution in [-0.4, -0.2) is 39.5 Å². The first-order valence-electron chi connectivity index (χ1n) is 8.30. The molecule has 8 heteroatoms. The number of nitrogens with zero attached hydrogens (tertiary/aromatic N) is 1. The second kappa shape index (κ2) is 7.46. The smallest absolute Gasteiger partial charge is 0.218 e. The van der Waals surface area contributed by atoms with E-state index in [2.05, 4.69) is 0 Å². The Labute approximate surface area is 153 Å². The van der Waals surface area contributed by atoms with Crippen molar-refractivity contribution in [2.24, 2.45) is 0 Å². The van der Waals surface area contributed by atoms with E-state index in [4.69, 9.17) is 0 Å². The number of hydrogen-bond donors (Lipinski definition) is 0. The molecule has 0 saturated carbocycles. The second-order valence-corrected chi connectivity index (χ2v) is 10.3. The summed E-state index contributed by atoms with van der Waals surface area (Å²) in [5.41, 5.74) is 0.349. The SMILES string of the molecule is O=S(=O)(CC1CCCN1S(=O)(=O)Cc1cccc(F)c1)c1ccccc1. The van der Waals surface area contributed by atoms with E-state index in [0.717, 1.165) is 0 Å². The second-order valence-electron chi connectivity index (χ2n) is 6.39. The molecule has 0 radical (unpaired) electrons. The minimum atomic E-state index is -3.73. The molecule has 1 heterocycles. The number of hydrogen-bond acceptors (Lipinski definition) is 4. The third-order valence-electron chi connectivity index (χ3n) is 4.43. The predicted molar refractivity (Wildman–Crippen MR) is 97.2 cm³/mol. The Morgan fingerprint density at radius 2 is 1.73 bits per heavy atom. The van der Waals surface area contributed by atoms with Crippen molar-refractivity contribution in [1.29, 1.82) is 0 Å². The van der Waals surface area contributed by atoms with E-state index in [1.807, 2.05) is 0 Å². The summed E-state index contributed by atoms with van der Waals surface area (Å²) in [7, 11) is -7.31. The zero-order valence-corrected chi connectivity index (χ0v) is 15.7. The summed E-state index contributed by atoms with van der Waals surface area (Å²) in [4.78, 5) is 0.189. The first-order chi connectivity index (χ1) is 12.3. The van der Waals surface area contributed by atoms with E-state index < -0.39 is 31.7 Å². The molecule has 0 bridgehead atoms. The van der Waals surface area contributed by atoms with Gasteiger partial charge in [-0.2, -0.15) is 4.31 Å². The minimum absolute atomic E-state index is 0.189. The van der Waals surface area contributed by atoms with Crippen molar-refractivity contribution in [2.75, 3.05) is 12.3 Å². The van der Waals surface area contributed by atoms with Crippen LogP contribution >= 0.6 is 0 Å². The highest BCUT2D eigenvalue weighted by Crippen LogP contribution is 2.26. The van der Waals surface area contributed by atoms with Gasteiger partial charge in [-0.15, -0.1) is 0 Å². The predicted octanol–water partition coefficient (Wildman–Crippen LogP) is 2.59. The molecule has 1 unspecified atom stereocenters. The summed E-state index contributed by atoms with van der Waals surface area (Å²) < 4.78 is 65.3. The van der Waals surface area contributed by atoms with E-state index in [9.17, 15) is 21.2 Å². The average Bonchev–Trinajstić information content (AvgIpc) is 3.04. The summed E-state index contributed by atoms with van der Waals surface area (Å²) in [5, 5.41) is 0. The van der Waals surface area contributed by atoms with Gasteiger partial charge in [0.1, 0.15) is 5.82 Å². The van der Waals surface area contributed by atoms with E-state index in [1.165, 1.54) is 34.6 Å². The molecular formula is C18H20FNO4S2. The lowest BCUT2D eigenvalue weighted by atomic mass is 10.2. The monoisotopic (exact) mass is 397 g/mol. The van der Waals surface area contributed by atoms with Crippen molar-refractivity contribution >= 4 is 19.9 Å². The highest BCUT2D eigenvalue weighted by atomic mass is 32.2. The van der Waals surface area contributed by atoms with Gasteiger partial charge in [0.2, 0.25) is 10.0 Å². The lowest BCUT2D eigenvalue weighted by Gasteiger charge is -2.24. The molecule has 1 fully saturated rings. The van der Waals surface area contributed by atoms with Gasteiger partial charge in [-0.1, -0.05) is 30.3 Å². The highest BCUT2D eigenvalue weighted by Gasteiger charge is 2.37. The number of sulfone groups is 1. The molecule has 0 N–H and O–H groups in total.